The average molecular weight is 145 g/mol. The molecule has 10 heavy (non-hydrogen) atoms. The summed E-state index contributed by atoms with van der Waals surface area (Å²) in [4.78, 5) is 20.0. The fourth-order valence-electron chi connectivity index (χ4n) is 0.249. The first-order chi connectivity index (χ1) is 4.66. The molecule has 0 aromatic rings. The van der Waals surface area contributed by atoms with Gasteiger partial charge in [0.25, 0.3) is 0 Å². The number of carboxylic acid groups (broad SMARTS) is 1. The van der Waals surface area contributed by atoms with Gasteiger partial charge in [0.1, 0.15) is 0 Å². The highest BCUT2D eigenvalue weighted by Gasteiger charge is 1.90. The maximum absolute atomic E-state index is 10.3. The minimum Gasteiger partial charge on any atom is -0.466 e. The van der Waals surface area contributed by atoms with Gasteiger partial charge in [0.15, 0.2) is 0 Å². The summed E-state index contributed by atoms with van der Waals surface area (Å²) < 4.78 is 4.17. The summed E-state index contributed by atoms with van der Waals surface area (Å²) in [5.41, 5.74) is 0. The number of rotatable bonds is 2. The van der Waals surface area contributed by atoms with Crippen LogP contribution in [0.25, 0.3) is 0 Å². The van der Waals surface area contributed by atoms with Crippen LogP contribution in [0.15, 0.2) is 12.3 Å². The Kier molecular flexibility index (Phi) is 3.70. The predicted molar refractivity (Wildman–Crippen MR) is 32.3 cm³/mol. The van der Waals surface area contributed by atoms with Crippen LogP contribution in [0.4, 0.5) is 4.79 Å². The Balaban J connectivity index is 3.56. The fraction of sp³-hybridized carbons (Fsp3) is 0.200. The molecule has 0 atom stereocenters. The van der Waals surface area contributed by atoms with Crippen LogP contribution < -0.4 is 5.32 Å². The Bertz CT molecular complexity index is 163. The first kappa shape index (κ1) is 8.48. The Morgan fingerprint density at radius 1 is 1.60 bits per heavy atom. The SMILES string of the molecule is COC(=O)C=CNC(=O)O. The maximum Gasteiger partial charge on any atom is 0.408 e. The van der Waals surface area contributed by atoms with E-state index in [1.165, 1.54) is 7.11 Å². The molecule has 2 N–H and O–H groups in total. The molecule has 0 saturated heterocycles. The van der Waals surface area contributed by atoms with Crippen LogP contribution in [0.3, 0.4) is 0 Å². The molecule has 0 saturated carbocycles. The summed E-state index contributed by atoms with van der Waals surface area (Å²) in [7, 11) is 1.20. The number of ether oxygens (including phenoxy) is 1. The summed E-state index contributed by atoms with van der Waals surface area (Å²) in [5, 5.41) is 9.83. The Morgan fingerprint density at radius 2 is 2.20 bits per heavy atom. The van der Waals surface area contributed by atoms with Gasteiger partial charge in [-0.3, -0.25) is 5.32 Å². The molecule has 0 aliphatic heterocycles. The quantitative estimate of drug-likeness (QED) is 0.421. The third-order valence-electron chi connectivity index (χ3n) is 0.627. The Labute approximate surface area is 57.3 Å². The molecule has 0 spiro atoms. The number of hydrogen-bond donors (Lipinski definition) is 2. The number of carbonyl (C=O) groups is 2. The second-order valence-electron chi connectivity index (χ2n) is 1.31. The molecule has 0 aromatic carbocycles. The molecule has 0 aliphatic carbocycles. The second kappa shape index (κ2) is 4.37. The van der Waals surface area contributed by atoms with E-state index < -0.39 is 12.1 Å². The number of nitrogens with one attached hydrogen (secondary N) is 1. The molecule has 0 heterocycles. The van der Waals surface area contributed by atoms with Crippen molar-refractivity contribution in [3.8, 4) is 0 Å². The second-order valence-corrected chi connectivity index (χ2v) is 1.31. The topological polar surface area (TPSA) is 75.6 Å². The van der Waals surface area contributed by atoms with Gasteiger partial charge < -0.3 is 9.84 Å². The molecule has 0 radical (unpaired) electrons. The highest BCUT2D eigenvalue weighted by Crippen LogP contribution is 1.74. The van der Waals surface area contributed by atoms with Crippen LogP contribution in [0.5, 0.6) is 0 Å². The normalized spacial score (nSPS) is 9.30. The molecule has 0 aliphatic rings. The predicted octanol–water partition coefficient (Wildman–Crippen LogP) is -0.0593. The van der Waals surface area contributed by atoms with Gasteiger partial charge in [-0.15, -0.1) is 0 Å². The smallest absolute Gasteiger partial charge is 0.408 e. The molecule has 0 bridgehead atoms. The molecular formula is C5H7NO4. The van der Waals surface area contributed by atoms with Gasteiger partial charge in [-0.1, -0.05) is 0 Å². The van der Waals surface area contributed by atoms with E-state index in [4.69, 9.17) is 5.11 Å². The van der Waals surface area contributed by atoms with Gasteiger partial charge in [0.2, 0.25) is 0 Å². The van der Waals surface area contributed by atoms with Gasteiger partial charge in [-0.05, 0) is 0 Å². The molecular weight excluding hydrogens is 138 g/mol. The summed E-state index contributed by atoms with van der Waals surface area (Å²) in [6.07, 6.45) is 0.725. The molecule has 0 fully saturated rings. The minimum atomic E-state index is -1.22. The summed E-state index contributed by atoms with van der Waals surface area (Å²) in [6, 6.07) is 0. The minimum absolute atomic E-state index is 0.603. The summed E-state index contributed by atoms with van der Waals surface area (Å²) in [5.74, 6) is -0.603. The largest absolute Gasteiger partial charge is 0.466 e. The van der Waals surface area contributed by atoms with Crippen LogP contribution in [0, 0.1) is 0 Å². The average Bonchev–Trinajstić information content (AvgIpc) is 1.87. The molecule has 5 heteroatoms. The number of methoxy groups -OCH3 is 1. The lowest BCUT2D eigenvalue weighted by molar-refractivity contribution is -0.134. The number of carbonyl (C=O) groups excluding carboxylic acids is 1. The van der Waals surface area contributed by atoms with Crippen LogP contribution in [-0.4, -0.2) is 24.3 Å². The Morgan fingerprint density at radius 3 is 2.60 bits per heavy atom. The van der Waals surface area contributed by atoms with E-state index in [2.05, 4.69) is 4.74 Å². The molecule has 5 nitrogen and oxygen atoms in total. The van der Waals surface area contributed by atoms with Crippen molar-refractivity contribution in [3.05, 3.63) is 12.3 Å². The summed E-state index contributed by atoms with van der Waals surface area (Å²) in [6.45, 7) is 0. The lowest BCUT2D eigenvalue weighted by atomic mass is 10.6. The zero-order chi connectivity index (χ0) is 7.98. The highest BCUT2D eigenvalue weighted by molar-refractivity contribution is 5.82. The van der Waals surface area contributed by atoms with Crippen molar-refractivity contribution in [2.75, 3.05) is 7.11 Å². The monoisotopic (exact) mass is 145 g/mol. The number of amides is 1. The lowest BCUT2D eigenvalue weighted by Gasteiger charge is -1.89. The number of esters is 1. The zero-order valence-electron chi connectivity index (χ0n) is 5.33. The fourth-order valence-corrected chi connectivity index (χ4v) is 0.249. The van der Waals surface area contributed by atoms with E-state index >= 15 is 0 Å². The summed E-state index contributed by atoms with van der Waals surface area (Å²) >= 11 is 0. The van der Waals surface area contributed by atoms with Gasteiger partial charge in [0.05, 0.1) is 7.11 Å². The van der Waals surface area contributed by atoms with E-state index in [-0.39, 0.29) is 0 Å². The molecule has 0 unspecified atom stereocenters. The van der Waals surface area contributed by atoms with Gasteiger partial charge >= 0.3 is 12.1 Å². The van der Waals surface area contributed by atoms with Crippen LogP contribution in [0.2, 0.25) is 0 Å². The maximum atomic E-state index is 10.3. The van der Waals surface area contributed by atoms with Crippen molar-refractivity contribution < 1.29 is 19.4 Å². The van der Waals surface area contributed by atoms with E-state index in [0.717, 1.165) is 12.3 Å². The third kappa shape index (κ3) is 4.63. The van der Waals surface area contributed by atoms with Crippen LogP contribution >= 0.6 is 0 Å². The van der Waals surface area contributed by atoms with Crippen LogP contribution in [-0.2, 0) is 9.53 Å². The van der Waals surface area contributed by atoms with E-state index in [9.17, 15) is 9.59 Å². The zero-order valence-corrected chi connectivity index (χ0v) is 5.33. The van der Waals surface area contributed by atoms with Crippen LogP contribution in [0.1, 0.15) is 0 Å². The van der Waals surface area contributed by atoms with E-state index in [0.29, 0.717) is 0 Å². The lowest BCUT2D eigenvalue weighted by Crippen LogP contribution is -2.13. The molecule has 0 rings (SSSR count). The Hall–Kier alpha value is -1.52. The van der Waals surface area contributed by atoms with Crippen molar-refractivity contribution in [3.63, 3.8) is 0 Å². The molecule has 56 valence electrons. The van der Waals surface area contributed by atoms with Crippen molar-refractivity contribution in [1.29, 1.82) is 0 Å². The van der Waals surface area contributed by atoms with Crippen molar-refractivity contribution in [2.24, 2.45) is 0 Å². The van der Waals surface area contributed by atoms with Gasteiger partial charge in [0, 0.05) is 12.3 Å². The van der Waals surface area contributed by atoms with Crippen molar-refractivity contribution >= 4 is 12.1 Å². The third-order valence-corrected chi connectivity index (χ3v) is 0.627. The first-order valence-corrected chi connectivity index (χ1v) is 2.40. The molecule has 0 aromatic heterocycles. The van der Waals surface area contributed by atoms with E-state index in [1.54, 1.807) is 0 Å². The van der Waals surface area contributed by atoms with Crippen molar-refractivity contribution in [2.45, 2.75) is 0 Å². The first-order valence-electron chi connectivity index (χ1n) is 2.40. The van der Waals surface area contributed by atoms with Crippen molar-refractivity contribution in [1.82, 2.24) is 5.32 Å². The highest BCUT2D eigenvalue weighted by atomic mass is 16.5. The number of hydrogen-bond acceptors (Lipinski definition) is 3. The molecule has 1 amide bonds. The van der Waals surface area contributed by atoms with Gasteiger partial charge in [-0.25, -0.2) is 9.59 Å². The van der Waals surface area contributed by atoms with E-state index in [1.807, 2.05) is 5.32 Å². The standard InChI is InChI=1S/C5H7NO4/c1-10-4(7)2-3-6-5(8)9/h2-3,6H,1H3,(H,8,9). The van der Waals surface area contributed by atoms with Gasteiger partial charge in [-0.2, -0.15) is 0 Å².